The molecule has 1 aromatic carbocycles. The van der Waals surface area contributed by atoms with Crippen LogP contribution in [0.3, 0.4) is 0 Å². The average molecular weight is 301 g/mol. The van der Waals surface area contributed by atoms with Gasteiger partial charge in [0.2, 0.25) is 5.91 Å². The van der Waals surface area contributed by atoms with Crippen molar-refractivity contribution in [2.45, 2.75) is 13.0 Å². The summed E-state index contributed by atoms with van der Waals surface area (Å²) in [7, 11) is 1.85. The summed E-state index contributed by atoms with van der Waals surface area (Å²) in [6.45, 7) is 1.92. The van der Waals surface area contributed by atoms with Gasteiger partial charge in [-0.25, -0.2) is 0 Å². The fraction of sp³-hybridized carbons (Fsp3) is 0.312. The minimum absolute atomic E-state index is 0.125. The number of nitrogens with zero attached hydrogens (tertiary/aromatic N) is 2. The molecule has 2 aromatic rings. The summed E-state index contributed by atoms with van der Waals surface area (Å²) < 4.78 is 0. The van der Waals surface area contributed by atoms with Crippen molar-refractivity contribution >= 4 is 28.6 Å². The largest absolute Gasteiger partial charge is 0.397 e. The van der Waals surface area contributed by atoms with Crippen LogP contribution in [0.5, 0.6) is 0 Å². The Morgan fingerprint density at radius 2 is 2.24 bits per heavy atom. The number of likely N-dealkylation sites (N-methyl/N-ethyl adjacent to an activating group) is 1. The third-order valence-electron chi connectivity index (χ3n) is 3.84. The molecule has 0 unspecified atom stereocenters. The Labute approximate surface area is 128 Å². The number of carbonyl (C=O) groups is 1. The maximum absolute atomic E-state index is 12.4. The van der Waals surface area contributed by atoms with Gasteiger partial charge in [-0.2, -0.15) is 0 Å². The van der Waals surface area contributed by atoms with Gasteiger partial charge in [0.15, 0.2) is 0 Å². The third kappa shape index (κ3) is 2.88. The number of hydrogen-bond acceptors (Lipinski definition) is 4. The van der Waals surface area contributed by atoms with E-state index in [1.165, 1.54) is 10.4 Å². The van der Waals surface area contributed by atoms with Gasteiger partial charge in [-0.05, 0) is 29.5 Å². The zero-order valence-electron chi connectivity index (χ0n) is 12.1. The van der Waals surface area contributed by atoms with Gasteiger partial charge in [0.1, 0.15) is 0 Å². The molecule has 0 atom stereocenters. The number of fused-ring (bicyclic) bond motifs is 1. The lowest BCUT2D eigenvalue weighted by atomic mass is 10.1. The molecule has 1 aliphatic rings. The Bertz CT molecular complexity index is 639. The first-order chi connectivity index (χ1) is 10.1. The topological polar surface area (TPSA) is 49.6 Å². The molecule has 3 rings (SSSR count). The van der Waals surface area contributed by atoms with E-state index in [4.69, 9.17) is 5.73 Å². The fourth-order valence-corrected chi connectivity index (χ4v) is 3.49. The summed E-state index contributed by atoms with van der Waals surface area (Å²) in [5.74, 6) is 0.125. The molecule has 0 bridgehead atoms. The van der Waals surface area contributed by atoms with Crippen LogP contribution in [0.4, 0.5) is 11.4 Å². The highest BCUT2D eigenvalue weighted by Crippen LogP contribution is 2.33. The molecule has 1 aromatic heterocycles. The van der Waals surface area contributed by atoms with E-state index in [-0.39, 0.29) is 5.91 Å². The van der Waals surface area contributed by atoms with Crippen LogP contribution in [-0.4, -0.2) is 30.9 Å². The molecular weight excluding hydrogens is 282 g/mol. The highest BCUT2D eigenvalue weighted by Gasteiger charge is 2.24. The number of thiophene rings is 1. The number of nitrogens with two attached hydrogens (primary N) is 1. The van der Waals surface area contributed by atoms with Crippen LogP contribution in [0.1, 0.15) is 10.4 Å². The van der Waals surface area contributed by atoms with Crippen molar-refractivity contribution in [2.75, 3.05) is 30.8 Å². The second-order valence-corrected chi connectivity index (χ2v) is 6.39. The van der Waals surface area contributed by atoms with E-state index in [0.29, 0.717) is 13.1 Å². The van der Waals surface area contributed by atoms with E-state index < -0.39 is 0 Å². The number of nitrogen functional groups attached to an aromatic ring is 1. The van der Waals surface area contributed by atoms with Crippen molar-refractivity contribution in [1.82, 2.24) is 4.90 Å². The molecule has 0 spiro atoms. The summed E-state index contributed by atoms with van der Waals surface area (Å²) in [6, 6.07) is 10.0. The van der Waals surface area contributed by atoms with Gasteiger partial charge >= 0.3 is 0 Å². The fourth-order valence-electron chi connectivity index (χ4n) is 2.73. The summed E-state index contributed by atoms with van der Waals surface area (Å²) in [5, 5.41) is 2.03. The van der Waals surface area contributed by atoms with Gasteiger partial charge in [0.25, 0.3) is 0 Å². The first-order valence-corrected chi connectivity index (χ1v) is 7.92. The molecule has 1 aliphatic heterocycles. The molecule has 0 saturated heterocycles. The second-order valence-electron chi connectivity index (χ2n) is 5.36. The van der Waals surface area contributed by atoms with Crippen molar-refractivity contribution in [1.29, 1.82) is 0 Å². The number of rotatable bonds is 4. The molecule has 0 saturated carbocycles. The predicted molar refractivity (Wildman–Crippen MR) is 87.6 cm³/mol. The third-order valence-corrected chi connectivity index (χ3v) is 4.70. The van der Waals surface area contributed by atoms with E-state index in [2.05, 4.69) is 17.0 Å². The highest BCUT2D eigenvalue weighted by atomic mass is 32.1. The summed E-state index contributed by atoms with van der Waals surface area (Å²) in [5.41, 5.74) is 9.10. The normalized spacial score (nSPS) is 13.3. The zero-order chi connectivity index (χ0) is 14.8. The van der Waals surface area contributed by atoms with E-state index in [1.54, 1.807) is 16.2 Å². The molecule has 2 heterocycles. The van der Waals surface area contributed by atoms with Crippen molar-refractivity contribution in [3.63, 3.8) is 0 Å². The lowest BCUT2D eigenvalue weighted by molar-refractivity contribution is -0.128. The highest BCUT2D eigenvalue weighted by molar-refractivity contribution is 7.09. The van der Waals surface area contributed by atoms with Gasteiger partial charge in [0.05, 0.1) is 24.5 Å². The van der Waals surface area contributed by atoms with Gasteiger partial charge in [0, 0.05) is 18.5 Å². The maximum Gasteiger partial charge on any atom is 0.242 e. The molecular formula is C16H19N3OS. The monoisotopic (exact) mass is 301 g/mol. The van der Waals surface area contributed by atoms with Gasteiger partial charge in [-0.1, -0.05) is 18.2 Å². The lowest BCUT2D eigenvalue weighted by Gasteiger charge is -2.24. The van der Waals surface area contributed by atoms with Crippen molar-refractivity contribution in [3.8, 4) is 0 Å². The van der Waals surface area contributed by atoms with Crippen molar-refractivity contribution in [3.05, 3.63) is 46.2 Å². The number of para-hydroxylation sites is 1. The number of anilines is 2. The van der Waals surface area contributed by atoms with Crippen LogP contribution >= 0.6 is 11.3 Å². The van der Waals surface area contributed by atoms with E-state index in [9.17, 15) is 4.79 Å². The van der Waals surface area contributed by atoms with E-state index in [1.807, 2.05) is 30.6 Å². The molecule has 2 N–H and O–H groups in total. The van der Waals surface area contributed by atoms with E-state index >= 15 is 0 Å². The van der Waals surface area contributed by atoms with Crippen LogP contribution in [0, 0.1) is 0 Å². The van der Waals surface area contributed by atoms with Crippen LogP contribution in [0.15, 0.2) is 35.7 Å². The summed E-state index contributed by atoms with van der Waals surface area (Å²) >= 11 is 1.67. The van der Waals surface area contributed by atoms with Crippen LogP contribution in [0.25, 0.3) is 0 Å². The second kappa shape index (κ2) is 5.77. The number of hydrogen-bond donors (Lipinski definition) is 1. The quantitative estimate of drug-likeness (QED) is 0.882. The molecule has 1 amide bonds. The van der Waals surface area contributed by atoms with Crippen LogP contribution in [0.2, 0.25) is 0 Å². The Morgan fingerprint density at radius 1 is 1.38 bits per heavy atom. The molecule has 5 heteroatoms. The van der Waals surface area contributed by atoms with Gasteiger partial charge in [-0.3, -0.25) is 4.79 Å². The Hall–Kier alpha value is -2.01. The minimum Gasteiger partial charge on any atom is -0.397 e. The zero-order valence-corrected chi connectivity index (χ0v) is 12.9. The average Bonchev–Trinajstić information content (AvgIpc) is 3.09. The number of carbonyl (C=O) groups excluding carboxylic acids is 1. The molecule has 0 radical (unpaired) electrons. The van der Waals surface area contributed by atoms with Gasteiger partial charge < -0.3 is 15.5 Å². The van der Waals surface area contributed by atoms with Crippen LogP contribution in [-0.2, 0) is 17.8 Å². The van der Waals surface area contributed by atoms with Crippen LogP contribution < -0.4 is 10.6 Å². The Balaban J connectivity index is 1.67. The minimum atomic E-state index is 0.125. The molecule has 0 aliphatic carbocycles. The molecule has 4 nitrogen and oxygen atoms in total. The number of amides is 1. The Kier molecular flexibility index (Phi) is 3.84. The number of benzene rings is 1. The standard InChI is InChI=1S/C16H19N3OS/c1-18(10-13-5-3-9-21-13)15(20)11-19-8-7-12-4-2-6-14(17)16(12)19/h2-6,9H,7-8,10-11,17H2,1H3. The van der Waals surface area contributed by atoms with Gasteiger partial charge in [-0.15, -0.1) is 11.3 Å². The predicted octanol–water partition coefficient (Wildman–Crippen LogP) is 2.35. The first-order valence-electron chi connectivity index (χ1n) is 7.04. The molecule has 0 fully saturated rings. The first kappa shape index (κ1) is 13.9. The van der Waals surface area contributed by atoms with Crippen molar-refractivity contribution < 1.29 is 4.79 Å². The molecule has 110 valence electrons. The SMILES string of the molecule is CN(Cc1cccs1)C(=O)CN1CCc2cccc(N)c21. The lowest BCUT2D eigenvalue weighted by Crippen LogP contribution is -2.37. The maximum atomic E-state index is 12.4. The van der Waals surface area contributed by atoms with E-state index in [0.717, 1.165) is 24.3 Å². The summed E-state index contributed by atoms with van der Waals surface area (Å²) in [4.78, 5) is 17.5. The summed E-state index contributed by atoms with van der Waals surface area (Å²) in [6.07, 6.45) is 0.961. The smallest absolute Gasteiger partial charge is 0.242 e. The Morgan fingerprint density at radius 3 is 3.00 bits per heavy atom. The van der Waals surface area contributed by atoms with Crippen molar-refractivity contribution in [2.24, 2.45) is 0 Å². The molecule has 21 heavy (non-hydrogen) atoms.